The second-order valence-electron chi connectivity index (χ2n) is 3.87. The Morgan fingerprint density at radius 2 is 2.18 bits per heavy atom. The van der Waals surface area contributed by atoms with Crippen molar-refractivity contribution in [1.29, 1.82) is 0 Å². The maximum absolute atomic E-state index is 11.5. The predicted octanol–water partition coefficient (Wildman–Crippen LogP) is -0.791. The Hall–Kier alpha value is -2.31. The van der Waals surface area contributed by atoms with Gasteiger partial charge >= 0.3 is 5.69 Å². The summed E-state index contributed by atoms with van der Waals surface area (Å²) >= 11 is 0. The van der Waals surface area contributed by atoms with Gasteiger partial charge in [0.25, 0.3) is 5.56 Å². The Kier molecular flexibility index (Phi) is 2.58. The molecule has 0 bridgehead atoms. The molecule has 0 saturated heterocycles. The minimum atomic E-state index is -0.563. The van der Waals surface area contributed by atoms with Crippen LogP contribution in [0.5, 0.6) is 0 Å². The zero-order chi connectivity index (χ0) is 12.6. The van der Waals surface area contributed by atoms with E-state index < -0.39 is 11.2 Å². The summed E-state index contributed by atoms with van der Waals surface area (Å²) < 4.78 is 3.02. The Labute approximate surface area is 96.5 Å². The fraction of sp³-hybridized carbons (Fsp3) is 0.300. The molecule has 2 heterocycles. The molecule has 0 atom stereocenters. The third kappa shape index (κ3) is 2.12. The first-order valence-corrected chi connectivity index (χ1v) is 5.06. The SMILES string of the molecule is Cc1cc(Cn2cc(N)c(=O)[nH]c2=O)n(C)n1. The number of rotatable bonds is 2. The summed E-state index contributed by atoms with van der Waals surface area (Å²) in [5.41, 5.74) is 6.16. The first-order valence-electron chi connectivity index (χ1n) is 5.06. The number of hydrogen-bond acceptors (Lipinski definition) is 4. The number of nitrogen functional groups attached to an aromatic ring is 1. The predicted molar refractivity (Wildman–Crippen MR) is 62.8 cm³/mol. The zero-order valence-electron chi connectivity index (χ0n) is 9.60. The lowest BCUT2D eigenvalue weighted by molar-refractivity contribution is 0.639. The molecule has 90 valence electrons. The molecule has 2 aromatic heterocycles. The quantitative estimate of drug-likeness (QED) is 0.712. The average Bonchev–Trinajstić information content (AvgIpc) is 2.54. The van der Waals surface area contributed by atoms with Crippen molar-refractivity contribution in [2.45, 2.75) is 13.5 Å². The monoisotopic (exact) mass is 235 g/mol. The number of nitrogens with two attached hydrogens (primary N) is 1. The smallest absolute Gasteiger partial charge is 0.328 e. The molecule has 0 unspecified atom stereocenters. The molecule has 3 N–H and O–H groups in total. The number of aromatic nitrogens is 4. The molecule has 0 aliphatic carbocycles. The second-order valence-corrected chi connectivity index (χ2v) is 3.87. The lowest BCUT2D eigenvalue weighted by Crippen LogP contribution is -2.31. The molecule has 0 radical (unpaired) electrons. The topological polar surface area (TPSA) is 98.7 Å². The van der Waals surface area contributed by atoms with E-state index in [1.807, 2.05) is 13.0 Å². The number of aryl methyl sites for hydroxylation is 2. The highest BCUT2D eigenvalue weighted by molar-refractivity contribution is 5.30. The van der Waals surface area contributed by atoms with Crippen LogP contribution >= 0.6 is 0 Å². The van der Waals surface area contributed by atoms with Gasteiger partial charge in [-0.25, -0.2) is 4.79 Å². The Bertz CT molecular complexity index is 664. The van der Waals surface area contributed by atoms with Crippen molar-refractivity contribution in [3.8, 4) is 0 Å². The van der Waals surface area contributed by atoms with Gasteiger partial charge in [0, 0.05) is 13.2 Å². The molecule has 0 amide bonds. The van der Waals surface area contributed by atoms with Crippen LogP contribution in [0.2, 0.25) is 0 Å². The van der Waals surface area contributed by atoms with Crippen LogP contribution in [0.3, 0.4) is 0 Å². The lowest BCUT2D eigenvalue weighted by atomic mass is 10.3. The summed E-state index contributed by atoms with van der Waals surface area (Å²) in [6.45, 7) is 2.19. The van der Waals surface area contributed by atoms with Crippen molar-refractivity contribution in [2.75, 3.05) is 5.73 Å². The van der Waals surface area contributed by atoms with Gasteiger partial charge in [-0.15, -0.1) is 0 Å². The van der Waals surface area contributed by atoms with Crippen LogP contribution in [0.25, 0.3) is 0 Å². The van der Waals surface area contributed by atoms with Crippen molar-refractivity contribution in [3.05, 3.63) is 44.5 Å². The number of nitrogens with one attached hydrogen (secondary N) is 1. The van der Waals surface area contributed by atoms with Crippen LogP contribution in [-0.2, 0) is 13.6 Å². The van der Waals surface area contributed by atoms with Gasteiger partial charge in [0.15, 0.2) is 0 Å². The third-order valence-corrected chi connectivity index (χ3v) is 2.47. The number of H-pyrrole nitrogens is 1. The second kappa shape index (κ2) is 3.93. The van der Waals surface area contributed by atoms with Gasteiger partial charge in [0.1, 0.15) is 5.69 Å². The van der Waals surface area contributed by atoms with E-state index in [4.69, 9.17) is 5.73 Å². The summed E-state index contributed by atoms with van der Waals surface area (Å²) in [5, 5.41) is 4.17. The fourth-order valence-electron chi connectivity index (χ4n) is 1.63. The van der Waals surface area contributed by atoms with Gasteiger partial charge in [-0.2, -0.15) is 5.10 Å². The van der Waals surface area contributed by atoms with E-state index in [-0.39, 0.29) is 5.69 Å². The zero-order valence-corrected chi connectivity index (χ0v) is 9.60. The van der Waals surface area contributed by atoms with E-state index in [1.165, 1.54) is 10.8 Å². The average molecular weight is 235 g/mol. The van der Waals surface area contributed by atoms with Crippen LogP contribution in [0.1, 0.15) is 11.4 Å². The van der Waals surface area contributed by atoms with E-state index in [0.717, 1.165) is 11.4 Å². The molecule has 7 heteroatoms. The van der Waals surface area contributed by atoms with E-state index in [2.05, 4.69) is 10.1 Å². The van der Waals surface area contributed by atoms with Crippen LogP contribution < -0.4 is 17.0 Å². The first kappa shape index (κ1) is 11.2. The number of hydrogen-bond donors (Lipinski definition) is 2. The molecule has 0 fully saturated rings. The lowest BCUT2D eigenvalue weighted by Gasteiger charge is -2.05. The van der Waals surface area contributed by atoms with Crippen molar-refractivity contribution >= 4 is 5.69 Å². The van der Waals surface area contributed by atoms with E-state index in [1.54, 1.807) is 11.7 Å². The number of anilines is 1. The van der Waals surface area contributed by atoms with Gasteiger partial charge in [-0.05, 0) is 13.0 Å². The highest BCUT2D eigenvalue weighted by atomic mass is 16.2. The van der Waals surface area contributed by atoms with Crippen molar-refractivity contribution in [2.24, 2.45) is 7.05 Å². The van der Waals surface area contributed by atoms with Gasteiger partial charge in [-0.1, -0.05) is 0 Å². The van der Waals surface area contributed by atoms with Crippen LogP contribution in [0, 0.1) is 6.92 Å². The summed E-state index contributed by atoms with van der Waals surface area (Å²) in [6, 6.07) is 1.87. The minimum Gasteiger partial charge on any atom is -0.393 e. The third-order valence-electron chi connectivity index (χ3n) is 2.47. The molecular weight excluding hydrogens is 222 g/mol. The fourth-order valence-corrected chi connectivity index (χ4v) is 1.63. The van der Waals surface area contributed by atoms with Gasteiger partial charge in [0.2, 0.25) is 0 Å². The largest absolute Gasteiger partial charge is 0.393 e. The van der Waals surface area contributed by atoms with E-state index in [0.29, 0.717) is 6.54 Å². The molecular formula is C10H13N5O2. The Morgan fingerprint density at radius 1 is 1.47 bits per heavy atom. The van der Waals surface area contributed by atoms with Crippen LogP contribution in [-0.4, -0.2) is 19.3 Å². The number of aromatic amines is 1. The molecule has 0 aliphatic rings. The first-order chi connectivity index (χ1) is 7.97. The summed E-state index contributed by atoms with van der Waals surface area (Å²) in [4.78, 5) is 24.8. The summed E-state index contributed by atoms with van der Waals surface area (Å²) in [7, 11) is 1.79. The molecule has 17 heavy (non-hydrogen) atoms. The van der Waals surface area contributed by atoms with Gasteiger partial charge in [-0.3, -0.25) is 19.0 Å². The standard InChI is InChI=1S/C10H13N5O2/c1-6-3-7(14(2)13-6)4-15-5-8(11)9(16)12-10(15)17/h3,5H,4,11H2,1-2H3,(H,12,16,17). The van der Waals surface area contributed by atoms with Crippen LogP contribution in [0.15, 0.2) is 21.9 Å². The highest BCUT2D eigenvalue weighted by Gasteiger charge is 2.06. The molecule has 0 saturated carbocycles. The normalized spacial score (nSPS) is 10.7. The van der Waals surface area contributed by atoms with Crippen molar-refractivity contribution < 1.29 is 0 Å². The van der Waals surface area contributed by atoms with Crippen LogP contribution in [0.4, 0.5) is 5.69 Å². The van der Waals surface area contributed by atoms with Crippen molar-refractivity contribution in [1.82, 2.24) is 19.3 Å². The Morgan fingerprint density at radius 3 is 2.76 bits per heavy atom. The maximum Gasteiger partial charge on any atom is 0.328 e. The molecule has 2 rings (SSSR count). The van der Waals surface area contributed by atoms with Gasteiger partial charge < -0.3 is 5.73 Å². The molecule has 2 aromatic rings. The molecule has 0 aromatic carbocycles. The highest BCUT2D eigenvalue weighted by Crippen LogP contribution is 2.03. The minimum absolute atomic E-state index is 0.0171. The molecule has 0 spiro atoms. The van der Waals surface area contributed by atoms with Crippen molar-refractivity contribution in [3.63, 3.8) is 0 Å². The summed E-state index contributed by atoms with van der Waals surface area (Å²) in [5.74, 6) is 0. The van der Waals surface area contributed by atoms with E-state index in [9.17, 15) is 9.59 Å². The molecule has 7 nitrogen and oxygen atoms in total. The number of nitrogens with zero attached hydrogens (tertiary/aromatic N) is 3. The Balaban J connectivity index is 2.43. The van der Waals surface area contributed by atoms with Gasteiger partial charge in [0.05, 0.1) is 17.9 Å². The van der Waals surface area contributed by atoms with E-state index >= 15 is 0 Å². The summed E-state index contributed by atoms with van der Waals surface area (Å²) in [6.07, 6.45) is 1.34. The molecule has 0 aliphatic heterocycles. The maximum atomic E-state index is 11.5.